The molecule has 1 aromatic heterocycles. The number of aliphatic hydroxyl groups excluding tert-OH is 1. The molecule has 0 amide bonds. The summed E-state index contributed by atoms with van der Waals surface area (Å²) in [4.78, 5) is 0. The minimum atomic E-state index is 0.0840. The molecule has 5 heteroatoms. The zero-order valence-corrected chi connectivity index (χ0v) is 9.33. The van der Waals surface area contributed by atoms with E-state index < -0.39 is 0 Å². The van der Waals surface area contributed by atoms with Gasteiger partial charge in [0, 0.05) is 6.42 Å². The Morgan fingerprint density at radius 3 is 3.06 bits per heavy atom. The molecule has 0 aliphatic carbocycles. The number of aromatic nitrogens is 3. The third kappa shape index (κ3) is 1.68. The van der Waals surface area contributed by atoms with Crippen LogP contribution in [0.3, 0.4) is 0 Å². The lowest BCUT2D eigenvalue weighted by molar-refractivity contribution is 0.286. The van der Waals surface area contributed by atoms with Gasteiger partial charge in [0.15, 0.2) is 5.82 Å². The molecule has 0 saturated heterocycles. The molecule has 0 radical (unpaired) electrons. The molecule has 1 aliphatic heterocycles. The van der Waals surface area contributed by atoms with E-state index in [9.17, 15) is 0 Å². The summed E-state index contributed by atoms with van der Waals surface area (Å²) in [6, 6.07) is 7.81. The Labute approximate surface area is 98.7 Å². The molecular weight excluding hydrogens is 218 g/mol. The van der Waals surface area contributed by atoms with Crippen molar-refractivity contribution in [1.29, 1.82) is 0 Å². The van der Waals surface area contributed by atoms with Gasteiger partial charge in [-0.05, 0) is 12.1 Å². The summed E-state index contributed by atoms with van der Waals surface area (Å²) in [6.45, 7) is 1.40. The summed E-state index contributed by atoms with van der Waals surface area (Å²) >= 11 is 0. The smallest absolute Gasteiger partial charge is 0.167 e. The summed E-state index contributed by atoms with van der Waals surface area (Å²) in [5.74, 6) is 2.47. The second kappa shape index (κ2) is 4.18. The number of nitrogens with zero attached hydrogens (tertiary/aromatic N) is 3. The summed E-state index contributed by atoms with van der Waals surface area (Å²) in [6.07, 6.45) is 0.523. The first-order valence-corrected chi connectivity index (χ1v) is 5.65. The van der Waals surface area contributed by atoms with Gasteiger partial charge in [-0.3, -0.25) is 0 Å². The maximum atomic E-state index is 8.99. The Hall–Kier alpha value is -1.88. The van der Waals surface area contributed by atoms with Crippen LogP contribution in [0.5, 0.6) is 5.75 Å². The van der Waals surface area contributed by atoms with Crippen LogP contribution in [0.1, 0.15) is 5.82 Å². The number of hydrogen-bond acceptors (Lipinski definition) is 4. The van der Waals surface area contributed by atoms with Crippen LogP contribution >= 0.6 is 0 Å². The zero-order chi connectivity index (χ0) is 11.7. The summed E-state index contributed by atoms with van der Waals surface area (Å²) in [5.41, 5.74) is 0.960. The van der Waals surface area contributed by atoms with E-state index in [0.717, 1.165) is 23.0 Å². The zero-order valence-electron chi connectivity index (χ0n) is 9.33. The fourth-order valence-corrected chi connectivity index (χ4v) is 2.08. The van der Waals surface area contributed by atoms with Crippen molar-refractivity contribution in [3.63, 3.8) is 0 Å². The quantitative estimate of drug-likeness (QED) is 0.833. The second-order valence-corrected chi connectivity index (χ2v) is 3.91. The van der Waals surface area contributed by atoms with Crippen molar-refractivity contribution < 1.29 is 9.84 Å². The third-order valence-electron chi connectivity index (χ3n) is 2.86. The van der Waals surface area contributed by atoms with Crippen LogP contribution in [-0.2, 0) is 13.0 Å². The first-order chi connectivity index (χ1) is 8.40. The Bertz CT molecular complexity index is 536. The third-order valence-corrected chi connectivity index (χ3v) is 2.86. The number of ether oxygens (including phenoxy) is 1. The molecule has 0 unspecified atom stereocenters. The fourth-order valence-electron chi connectivity index (χ4n) is 2.08. The number of rotatable bonds is 2. The SMILES string of the molecule is OCCc1nnc2n1CCOc1ccccc1-2. The molecule has 2 heterocycles. The molecule has 1 aromatic carbocycles. The molecule has 1 aliphatic rings. The summed E-state index contributed by atoms with van der Waals surface area (Å²) in [7, 11) is 0. The van der Waals surface area contributed by atoms with Gasteiger partial charge in [0.1, 0.15) is 18.2 Å². The first kappa shape index (κ1) is 10.3. The van der Waals surface area contributed by atoms with Gasteiger partial charge < -0.3 is 14.4 Å². The number of benzene rings is 1. The lowest BCUT2D eigenvalue weighted by Gasteiger charge is -2.04. The number of para-hydroxylation sites is 1. The van der Waals surface area contributed by atoms with Crippen LogP contribution < -0.4 is 4.74 Å². The second-order valence-electron chi connectivity index (χ2n) is 3.91. The molecule has 0 spiro atoms. The standard InChI is InChI=1S/C12H13N3O2/c16-7-5-11-13-14-12-9-3-1-2-4-10(9)17-8-6-15(11)12/h1-4,16H,5-8H2. The highest BCUT2D eigenvalue weighted by atomic mass is 16.5. The normalized spacial score (nSPS) is 13.5. The van der Waals surface area contributed by atoms with E-state index >= 15 is 0 Å². The summed E-state index contributed by atoms with van der Waals surface area (Å²) < 4.78 is 7.69. The van der Waals surface area contributed by atoms with Crippen molar-refractivity contribution in [3.8, 4) is 17.1 Å². The lowest BCUT2D eigenvalue weighted by Crippen LogP contribution is -2.10. The Morgan fingerprint density at radius 1 is 1.29 bits per heavy atom. The van der Waals surface area contributed by atoms with Crippen molar-refractivity contribution in [3.05, 3.63) is 30.1 Å². The molecule has 0 saturated carbocycles. The molecule has 0 atom stereocenters. The van der Waals surface area contributed by atoms with Crippen molar-refractivity contribution in [2.45, 2.75) is 13.0 Å². The van der Waals surface area contributed by atoms with Crippen LogP contribution in [0.25, 0.3) is 11.4 Å². The van der Waals surface area contributed by atoms with Gasteiger partial charge in [0.2, 0.25) is 0 Å². The lowest BCUT2D eigenvalue weighted by atomic mass is 10.2. The molecule has 88 valence electrons. The highest BCUT2D eigenvalue weighted by Gasteiger charge is 2.19. The van der Waals surface area contributed by atoms with Gasteiger partial charge in [0.25, 0.3) is 0 Å². The highest BCUT2D eigenvalue weighted by molar-refractivity contribution is 5.64. The highest BCUT2D eigenvalue weighted by Crippen LogP contribution is 2.31. The minimum Gasteiger partial charge on any atom is -0.491 e. The van der Waals surface area contributed by atoms with Crippen molar-refractivity contribution in [2.75, 3.05) is 13.2 Å². The topological polar surface area (TPSA) is 60.2 Å². The van der Waals surface area contributed by atoms with E-state index in [1.807, 2.05) is 28.8 Å². The van der Waals surface area contributed by atoms with Crippen LogP contribution in [0.4, 0.5) is 0 Å². The van der Waals surface area contributed by atoms with Gasteiger partial charge >= 0.3 is 0 Å². The largest absolute Gasteiger partial charge is 0.491 e. The van der Waals surface area contributed by atoms with E-state index in [4.69, 9.17) is 9.84 Å². The van der Waals surface area contributed by atoms with Crippen LogP contribution in [0.15, 0.2) is 24.3 Å². The molecular formula is C12H13N3O2. The maximum absolute atomic E-state index is 8.99. The van der Waals surface area contributed by atoms with E-state index in [-0.39, 0.29) is 6.61 Å². The van der Waals surface area contributed by atoms with Gasteiger partial charge in [-0.2, -0.15) is 0 Å². The minimum absolute atomic E-state index is 0.0840. The van der Waals surface area contributed by atoms with E-state index in [2.05, 4.69) is 10.2 Å². The monoisotopic (exact) mass is 231 g/mol. The fraction of sp³-hybridized carbons (Fsp3) is 0.333. The molecule has 17 heavy (non-hydrogen) atoms. The first-order valence-electron chi connectivity index (χ1n) is 5.65. The predicted molar refractivity (Wildman–Crippen MR) is 61.7 cm³/mol. The maximum Gasteiger partial charge on any atom is 0.167 e. The Morgan fingerprint density at radius 2 is 2.18 bits per heavy atom. The van der Waals surface area contributed by atoms with Gasteiger partial charge in [-0.25, -0.2) is 0 Å². The molecule has 1 N–H and O–H groups in total. The van der Waals surface area contributed by atoms with Crippen LogP contribution in [0, 0.1) is 0 Å². The molecule has 3 rings (SSSR count). The van der Waals surface area contributed by atoms with E-state index in [1.54, 1.807) is 0 Å². The van der Waals surface area contributed by atoms with Crippen molar-refractivity contribution in [1.82, 2.24) is 14.8 Å². The van der Waals surface area contributed by atoms with Crippen LogP contribution in [0.2, 0.25) is 0 Å². The van der Waals surface area contributed by atoms with E-state index in [1.165, 1.54) is 0 Å². The average molecular weight is 231 g/mol. The molecule has 5 nitrogen and oxygen atoms in total. The number of fused-ring (bicyclic) bond motifs is 3. The molecule has 2 aromatic rings. The average Bonchev–Trinajstić information content (AvgIpc) is 2.65. The Balaban J connectivity index is 2.13. The van der Waals surface area contributed by atoms with Gasteiger partial charge in [-0.15, -0.1) is 10.2 Å². The van der Waals surface area contributed by atoms with Gasteiger partial charge in [0.05, 0.1) is 18.7 Å². The van der Waals surface area contributed by atoms with Gasteiger partial charge in [-0.1, -0.05) is 12.1 Å². The summed E-state index contributed by atoms with van der Waals surface area (Å²) in [5, 5.41) is 17.3. The van der Waals surface area contributed by atoms with Crippen LogP contribution in [-0.4, -0.2) is 33.1 Å². The molecule has 0 bridgehead atoms. The molecule has 0 fully saturated rings. The van der Waals surface area contributed by atoms with Crippen molar-refractivity contribution >= 4 is 0 Å². The van der Waals surface area contributed by atoms with Crippen molar-refractivity contribution in [2.24, 2.45) is 0 Å². The number of hydrogen-bond donors (Lipinski definition) is 1. The Kier molecular flexibility index (Phi) is 2.53. The van der Waals surface area contributed by atoms with E-state index in [0.29, 0.717) is 19.6 Å². The predicted octanol–water partition coefficient (Wildman–Crippen LogP) is 0.872. The number of aliphatic hydroxyl groups is 1.